The maximum absolute atomic E-state index is 11.7. The largest absolute Gasteiger partial charge is 0.482 e. The van der Waals surface area contributed by atoms with E-state index in [-0.39, 0.29) is 18.6 Å². The van der Waals surface area contributed by atoms with Gasteiger partial charge < -0.3 is 14.7 Å². The van der Waals surface area contributed by atoms with Crippen molar-refractivity contribution in [2.75, 3.05) is 18.6 Å². The minimum Gasteiger partial charge on any atom is -0.482 e. The summed E-state index contributed by atoms with van der Waals surface area (Å²) < 4.78 is 5.43. The fourth-order valence-electron chi connectivity index (χ4n) is 2.95. The molecule has 1 aliphatic heterocycles. The molecule has 19 heavy (non-hydrogen) atoms. The second-order valence-electron chi connectivity index (χ2n) is 5.47. The van der Waals surface area contributed by atoms with E-state index in [1.807, 2.05) is 6.07 Å². The Labute approximate surface area is 113 Å². The molecule has 1 heterocycles. The lowest BCUT2D eigenvalue weighted by Gasteiger charge is -2.29. The number of ether oxygens (including phenoxy) is 1. The van der Waals surface area contributed by atoms with Crippen LogP contribution >= 0.6 is 0 Å². The zero-order valence-electron chi connectivity index (χ0n) is 11.1. The maximum Gasteiger partial charge on any atom is 0.264 e. The van der Waals surface area contributed by atoms with Crippen molar-refractivity contribution in [3.63, 3.8) is 0 Å². The van der Waals surface area contributed by atoms with Crippen LogP contribution in [0.3, 0.4) is 0 Å². The second-order valence-corrected chi connectivity index (χ2v) is 5.47. The van der Waals surface area contributed by atoms with Crippen LogP contribution in [0.15, 0.2) is 18.2 Å². The molecule has 0 saturated heterocycles. The Kier molecular flexibility index (Phi) is 3.19. The van der Waals surface area contributed by atoms with Gasteiger partial charge in [-0.3, -0.25) is 4.79 Å². The average Bonchev–Trinajstić information content (AvgIpc) is 2.44. The van der Waals surface area contributed by atoms with Crippen LogP contribution in [0.2, 0.25) is 0 Å². The lowest BCUT2D eigenvalue weighted by atomic mass is 9.82. The molecule has 0 radical (unpaired) electrons. The summed E-state index contributed by atoms with van der Waals surface area (Å²) >= 11 is 0. The normalized spacial score (nSPS) is 26.8. The number of fused-ring (bicyclic) bond motifs is 1. The quantitative estimate of drug-likeness (QED) is 0.842. The molecule has 0 unspecified atom stereocenters. The van der Waals surface area contributed by atoms with Gasteiger partial charge in [-0.25, -0.2) is 0 Å². The van der Waals surface area contributed by atoms with Crippen LogP contribution < -0.4 is 9.64 Å². The highest BCUT2D eigenvalue weighted by Gasteiger charge is 2.25. The lowest BCUT2D eigenvalue weighted by molar-refractivity contribution is -0.120. The third kappa shape index (κ3) is 2.32. The van der Waals surface area contributed by atoms with Crippen molar-refractivity contribution in [2.45, 2.75) is 37.7 Å². The van der Waals surface area contributed by atoms with E-state index in [2.05, 4.69) is 12.1 Å². The molecule has 0 aromatic heterocycles. The molecule has 4 heteroatoms. The Bertz CT molecular complexity index is 492. The molecule has 102 valence electrons. The molecular formula is C15H19NO3. The first-order valence-corrected chi connectivity index (χ1v) is 6.86. The number of aliphatic hydroxyl groups excluding tert-OH is 1. The third-order valence-electron chi connectivity index (χ3n) is 4.24. The van der Waals surface area contributed by atoms with E-state index in [1.54, 1.807) is 11.9 Å². The fourth-order valence-corrected chi connectivity index (χ4v) is 2.95. The van der Waals surface area contributed by atoms with Crippen molar-refractivity contribution < 1.29 is 14.6 Å². The van der Waals surface area contributed by atoms with Gasteiger partial charge in [0.15, 0.2) is 6.61 Å². The van der Waals surface area contributed by atoms with E-state index < -0.39 is 0 Å². The van der Waals surface area contributed by atoms with Crippen LogP contribution in [0.25, 0.3) is 0 Å². The van der Waals surface area contributed by atoms with Crippen LogP contribution in [-0.4, -0.2) is 30.8 Å². The first kappa shape index (κ1) is 12.5. The number of benzene rings is 1. The Hall–Kier alpha value is -1.55. The predicted octanol–water partition coefficient (Wildman–Crippen LogP) is 2.06. The molecule has 3 rings (SSSR count). The summed E-state index contributed by atoms with van der Waals surface area (Å²) in [5, 5.41) is 9.57. The molecular weight excluding hydrogens is 242 g/mol. The molecule has 1 aromatic carbocycles. The van der Waals surface area contributed by atoms with Crippen molar-refractivity contribution >= 4 is 11.6 Å². The molecule has 1 aromatic rings. The summed E-state index contributed by atoms with van der Waals surface area (Å²) in [7, 11) is 1.79. The molecule has 0 bridgehead atoms. The Morgan fingerprint density at radius 1 is 1.26 bits per heavy atom. The summed E-state index contributed by atoms with van der Waals surface area (Å²) in [6, 6.07) is 6.11. The number of nitrogens with zero attached hydrogens (tertiary/aromatic N) is 1. The zero-order chi connectivity index (χ0) is 13.4. The van der Waals surface area contributed by atoms with Crippen molar-refractivity contribution in [2.24, 2.45) is 0 Å². The number of amides is 1. The van der Waals surface area contributed by atoms with E-state index in [1.165, 1.54) is 5.56 Å². The molecule has 0 spiro atoms. The summed E-state index contributed by atoms with van der Waals surface area (Å²) in [5.74, 6) is 1.25. The average molecular weight is 261 g/mol. The van der Waals surface area contributed by atoms with Gasteiger partial charge in [0.05, 0.1) is 11.8 Å². The van der Waals surface area contributed by atoms with Crippen LogP contribution in [0.1, 0.15) is 37.2 Å². The molecule has 0 atom stereocenters. The molecule has 1 aliphatic carbocycles. The van der Waals surface area contributed by atoms with E-state index in [9.17, 15) is 9.90 Å². The molecule has 1 amide bonds. The standard InChI is InChI=1S/C15H19NO3/c1-16-13-8-11(10-2-5-12(17)6-3-10)4-7-14(13)19-9-15(16)18/h4,7-8,10,12,17H,2-3,5-6,9H2,1H3. The van der Waals surface area contributed by atoms with E-state index in [0.717, 1.165) is 37.1 Å². The topological polar surface area (TPSA) is 49.8 Å². The van der Waals surface area contributed by atoms with Crippen molar-refractivity contribution in [3.8, 4) is 5.75 Å². The van der Waals surface area contributed by atoms with Gasteiger partial charge in [-0.05, 0) is 49.3 Å². The smallest absolute Gasteiger partial charge is 0.264 e. The number of carbonyl (C=O) groups excluding carboxylic acids is 1. The van der Waals surface area contributed by atoms with Crippen LogP contribution in [0.4, 0.5) is 5.69 Å². The zero-order valence-corrected chi connectivity index (χ0v) is 11.1. The summed E-state index contributed by atoms with van der Waals surface area (Å²) in [6.45, 7) is 0.123. The third-order valence-corrected chi connectivity index (χ3v) is 4.24. The van der Waals surface area contributed by atoms with Gasteiger partial charge in [-0.2, -0.15) is 0 Å². The monoisotopic (exact) mass is 261 g/mol. The van der Waals surface area contributed by atoms with Crippen molar-refractivity contribution in [1.82, 2.24) is 0 Å². The van der Waals surface area contributed by atoms with Crippen LogP contribution in [-0.2, 0) is 4.79 Å². The van der Waals surface area contributed by atoms with Gasteiger partial charge in [0, 0.05) is 7.05 Å². The van der Waals surface area contributed by atoms with E-state index in [0.29, 0.717) is 5.92 Å². The fraction of sp³-hybridized carbons (Fsp3) is 0.533. The molecule has 1 saturated carbocycles. The Morgan fingerprint density at radius 2 is 2.00 bits per heavy atom. The number of likely N-dealkylation sites (N-methyl/N-ethyl adjacent to an activating group) is 1. The van der Waals surface area contributed by atoms with E-state index in [4.69, 9.17) is 4.74 Å². The molecule has 2 aliphatic rings. The Morgan fingerprint density at radius 3 is 2.74 bits per heavy atom. The number of hydrogen-bond acceptors (Lipinski definition) is 3. The molecule has 4 nitrogen and oxygen atoms in total. The molecule has 1 fully saturated rings. The predicted molar refractivity (Wildman–Crippen MR) is 72.6 cm³/mol. The minimum absolute atomic E-state index is 0.0104. The Balaban J connectivity index is 1.86. The number of aliphatic hydroxyl groups is 1. The lowest BCUT2D eigenvalue weighted by Crippen LogP contribution is -2.35. The van der Waals surface area contributed by atoms with Gasteiger partial charge in [0.1, 0.15) is 5.75 Å². The van der Waals surface area contributed by atoms with Crippen molar-refractivity contribution in [1.29, 1.82) is 0 Å². The SMILES string of the molecule is CN1C(=O)COc2ccc(C3CCC(O)CC3)cc21. The summed E-state index contributed by atoms with van der Waals surface area (Å²) in [4.78, 5) is 13.3. The number of carbonyl (C=O) groups is 1. The number of rotatable bonds is 1. The maximum atomic E-state index is 11.7. The number of hydrogen-bond donors (Lipinski definition) is 1. The van der Waals surface area contributed by atoms with Gasteiger partial charge in [0.2, 0.25) is 0 Å². The highest BCUT2D eigenvalue weighted by Crippen LogP contribution is 2.38. The van der Waals surface area contributed by atoms with E-state index >= 15 is 0 Å². The van der Waals surface area contributed by atoms with Gasteiger partial charge >= 0.3 is 0 Å². The summed E-state index contributed by atoms with van der Waals surface area (Å²) in [6.07, 6.45) is 3.62. The first-order valence-electron chi connectivity index (χ1n) is 6.86. The first-order chi connectivity index (χ1) is 9.15. The van der Waals surface area contributed by atoms with Crippen molar-refractivity contribution in [3.05, 3.63) is 23.8 Å². The summed E-state index contributed by atoms with van der Waals surface area (Å²) in [5.41, 5.74) is 2.11. The van der Waals surface area contributed by atoms with Crippen LogP contribution in [0, 0.1) is 0 Å². The van der Waals surface area contributed by atoms with Gasteiger partial charge in [0.25, 0.3) is 5.91 Å². The van der Waals surface area contributed by atoms with Gasteiger partial charge in [-0.1, -0.05) is 6.07 Å². The van der Waals surface area contributed by atoms with Gasteiger partial charge in [-0.15, -0.1) is 0 Å². The molecule has 1 N–H and O–H groups in total. The minimum atomic E-state index is -0.138. The number of anilines is 1. The highest BCUT2D eigenvalue weighted by atomic mass is 16.5. The highest BCUT2D eigenvalue weighted by molar-refractivity contribution is 5.97. The second kappa shape index (κ2) is 4.85. The van der Waals surface area contributed by atoms with Crippen LogP contribution in [0.5, 0.6) is 5.75 Å².